The number of rotatable bonds is 5. The maximum atomic E-state index is 5.99. The molecule has 0 aliphatic heterocycles. The molecule has 0 saturated heterocycles. The number of fused-ring (bicyclic) bond motifs is 3. The third-order valence-corrected chi connectivity index (χ3v) is 4.35. The summed E-state index contributed by atoms with van der Waals surface area (Å²) in [5.74, 6) is 1.62. The van der Waals surface area contributed by atoms with Crippen LogP contribution in [0.1, 0.15) is 18.4 Å². The Morgan fingerprint density at radius 1 is 1.11 bits per heavy atom. The molecule has 0 atom stereocenters. The second kappa shape index (κ2) is 6.41. The van der Waals surface area contributed by atoms with Crippen LogP contribution in [0.3, 0.4) is 0 Å². The summed E-state index contributed by atoms with van der Waals surface area (Å²) < 4.78 is 14.5. The Balaban J connectivity index is 1.62. The van der Waals surface area contributed by atoms with Crippen LogP contribution in [0.5, 0.6) is 5.88 Å². The van der Waals surface area contributed by atoms with Crippen molar-refractivity contribution in [3.05, 3.63) is 48.0 Å². The first-order valence-corrected chi connectivity index (χ1v) is 8.82. The third-order valence-electron chi connectivity index (χ3n) is 4.35. The van der Waals surface area contributed by atoms with Crippen LogP contribution in [0.25, 0.3) is 27.9 Å². The molecule has 0 N–H and O–H groups in total. The summed E-state index contributed by atoms with van der Waals surface area (Å²) in [6.07, 6.45) is 1.85. The molecule has 5 rings (SSSR count). The number of aromatic nitrogens is 8. The van der Waals surface area contributed by atoms with Crippen molar-refractivity contribution in [2.24, 2.45) is 0 Å². The zero-order valence-corrected chi connectivity index (χ0v) is 15.3. The maximum absolute atomic E-state index is 5.99. The summed E-state index contributed by atoms with van der Waals surface area (Å²) in [5, 5.41) is 27.0. The van der Waals surface area contributed by atoms with E-state index in [0.29, 0.717) is 28.8 Å². The fourth-order valence-electron chi connectivity index (χ4n) is 2.99. The Labute approximate surface area is 158 Å². The van der Waals surface area contributed by atoms with Gasteiger partial charge in [-0.3, -0.25) is 4.68 Å². The average molecular weight is 376 g/mol. The molecule has 0 fully saturated rings. The van der Waals surface area contributed by atoms with E-state index in [1.165, 1.54) is 0 Å². The van der Waals surface area contributed by atoms with Gasteiger partial charge in [-0.1, -0.05) is 28.6 Å². The first-order valence-electron chi connectivity index (χ1n) is 8.82. The van der Waals surface area contributed by atoms with Crippen LogP contribution in [-0.2, 0) is 13.2 Å². The number of benzene rings is 1. The van der Waals surface area contributed by atoms with Crippen molar-refractivity contribution < 1.29 is 9.26 Å². The second-order valence-corrected chi connectivity index (χ2v) is 6.29. The lowest BCUT2D eigenvalue weighted by Gasteiger charge is -2.08. The number of ether oxygens (including phenoxy) is 1. The second-order valence-electron chi connectivity index (χ2n) is 6.29. The Hall–Kier alpha value is -3.82. The zero-order valence-electron chi connectivity index (χ0n) is 15.3. The fourth-order valence-corrected chi connectivity index (χ4v) is 2.99. The molecule has 28 heavy (non-hydrogen) atoms. The minimum absolute atomic E-state index is 0.253. The third kappa shape index (κ3) is 2.66. The molecule has 1 aromatic carbocycles. The molecule has 5 aromatic rings. The van der Waals surface area contributed by atoms with Crippen LogP contribution >= 0.6 is 0 Å². The Bertz CT molecular complexity index is 1290. The molecule has 0 bridgehead atoms. The number of hydrogen-bond donors (Lipinski definition) is 0. The first-order chi connectivity index (χ1) is 13.7. The summed E-state index contributed by atoms with van der Waals surface area (Å²) in [6.45, 7) is 4.83. The quantitative estimate of drug-likeness (QED) is 0.460. The summed E-state index contributed by atoms with van der Waals surface area (Å²) >= 11 is 0. The molecule has 140 valence electrons. The summed E-state index contributed by atoms with van der Waals surface area (Å²) in [5.41, 5.74) is 1.91. The van der Waals surface area contributed by atoms with Crippen molar-refractivity contribution in [3.8, 4) is 17.4 Å². The van der Waals surface area contributed by atoms with Crippen LogP contribution in [0, 0.1) is 6.92 Å². The van der Waals surface area contributed by atoms with Gasteiger partial charge in [0.05, 0.1) is 6.20 Å². The topological polar surface area (TPSA) is 109 Å². The minimum atomic E-state index is 0.253. The maximum Gasteiger partial charge on any atom is 0.240 e. The molecule has 0 unspecified atom stereocenters. The van der Waals surface area contributed by atoms with E-state index in [4.69, 9.17) is 9.26 Å². The highest BCUT2D eigenvalue weighted by atomic mass is 16.5. The van der Waals surface area contributed by atoms with Crippen molar-refractivity contribution >= 4 is 16.4 Å². The highest BCUT2D eigenvalue weighted by Crippen LogP contribution is 2.29. The minimum Gasteiger partial charge on any atom is -0.470 e. The zero-order chi connectivity index (χ0) is 19.1. The van der Waals surface area contributed by atoms with Crippen LogP contribution < -0.4 is 4.74 Å². The van der Waals surface area contributed by atoms with Crippen LogP contribution in [0.15, 0.2) is 41.1 Å². The van der Waals surface area contributed by atoms with E-state index < -0.39 is 0 Å². The fraction of sp³-hybridized carbons (Fsp3) is 0.222. The van der Waals surface area contributed by atoms with Crippen molar-refractivity contribution in [3.63, 3.8) is 0 Å². The summed E-state index contributed by atoms with van der Waals surface area (Å²) in [4.78, 5) is 0. The van der Waals surface area contributed by atoms with Crippen molar-refractivity contribution in [2.75, 3.05) is 0 Å². The Kier molecular flexibility index (Phi) is 3.75. The van der Waals surface area contributed by atoms with Crippen molar-refractivity contribution in [1.82, 2.24) is 40.0 Å². The van der Waals surface area contributed by atoms with Gasteiger partial charge in [0.25, 0.3) is 0 Å². The summed E-state index contributed by atoms with van der Waals surface area (Å²) in [6, 6.07) is 9.55. The van der Waals surface area contributed by atoms with E-state index >= 15 is 0 Å². The molecule has 0 spiro atoms. The molecular weight excluding hydrogens is 360 g/mol. The lowest BCUT2D eigenvalue weighted by Crippen LogP contribution is -2.03. The molecule has 10 nitrogen and oxygen atoms in total. The van der Waals surface area contributed by atoms with E-state index in [1.807, 2.05) is 44.3 Å². The lowest BCUT2D eigenvalue weighted by atomic mass is 10.2. The van der Waals surface area contributed by atoms with E-state index in [-0.39, 0.29) is 6.61 Å². The predicted octanol–water partition coefficient (Wildman–Crippen LogP) is 2.43. The van der Waals surface area contributed by atoms with Crippen LogP contribution in [0.4, 0.5) is 0 Å². The van der Waals surface area contributed by atoms with Crippen LogP contribution in [0.2, 0.25) is 0 Å². The van der Waals surface area contributed by atoms with Gasteiger partial charge in [0, 0.05) is 23.4 Å². The molecule has 0 radical (unpaired) electrons. The van der Waals surface area contributed by atoms with Crippen molar-refractivity contribution in [2.45, 2.75) is 27.0 Å². The van der Waals surface area contributed by atoms with Gasteiger partial charge in [-0.25, -0.2) is 0 Å². The van der Waals surface area contributed by atoms with E-state index in [0.717, 1.165) is 23.0 Å². The molecular formula is C18H16N8O2. The van der Waals surface area contributed by atoms with E-state index in [2.05, 4.69) is 30.8 Å². The molecule has 0 aliphatic rings. The monoisotopic (exact) mass is 376 g/mol. The molecule has 0 saturated carbocycles. The number of nitrogens with zero attached hydrogens (tertiary/aromatic N) is 8. The van der Waals surface area contributed by atoms with Gasteiger partial charge < -0.3 is 9.26 Å². The highest BCUT2D eigenvalue weighted by Gasteiger charge is 2.18. The Morgan fingerprint density at radius 2 is 1.96 bits per heavy atom. The van der Waals surface area contributed by atoms with Crippen molar-refractivity contribution in [1.29, 1.82) is 0 Å². The standard InChI is InChI=1S/C18H16N8O2/c1-3-25-9-12(19-24-25)10-27-18-14-7-5-4-6-13(14)16-20-21-17(26(16)22-18)15-8-11(2)28-23-15/h4-9H,3,10H2,1-2H3. The number of hydrogen-bond acceptors (Lipinski definition) is 8. The van der Waals surface area contributed by atoms with E-state index in [9.17, 15) is 0 Å². The molecule has 0 aliphatic carbocycles. The predicted molar refractivity (Wildman–Crippen MR) is 98.6 cm³/mol. The van der Waals surface area contributed by atoms with Gasteiger partial charge >= 0.3 is 0 Å². The van der Waals surface area contributed by atoms with Gasteiger partial charge in [0.15, 0.2) is 11.3 Å². The van der Waals surface area contributed by atoms with Gasteiger partial charge in [-0.05, 0) is 19.9 Å². The van der Waals surface area contributed by atoms with Gasteiger partial charge in [-0.15, -0.1) is 20.4 Å². The van der Waals surface area contributed by atoms with Gasteiger partial charge in [0.1, 0.15) is 18.1 Å². The smallest absolute Gasteiger partial charge is 0.240 e. The lowest BCUT2D eigenvalue weighted by molar-refractivity contribution is 0.289. The molecule has 4 aromatic heterocycles. The number of aryl methyl sites for hydroxylation is 2. The molecule has 10 heteroatoms. The van der Waals surface area contributed by atoms with Gasteiger partial charge in [0.2, 0.25) is 11.7 Å². The average Bonchev–Trinajstić information content (AvgIpc) is 3.45. The van der Waals surface area contributed by atoms with Gasteiger partial charge in [-0.2, -0.15) is 4.52 Å². The van der Waals surface area contributed by atoms with Crippen LogP contribution in [-0.4, -0.2) is 40.0 Å². The molecule has 0 amide bonds. The molecule has 4 heterocycles. The SMILES string of the molecule is CCn1cc(COc2nn3c(-c4cc(C)on4)nnc3c3ccccc23)nn1. The first kappa shape index (κ1) is 16.4. The normalized spacial score (nSPS) is 11.5. The Morgan fingerprint density at radius 3 is 2.71 bits per heavy atom. The largest absolute Gasteiger partial charge is 0.470 e. The highest BCUT2D eigenvalue weighted by molar-refractivity contribution is 5.96. The van der Waals surface area contributed by atoms with E-state index in [1.54, 1.807) is 15.3 Å². The summed E-state index contributed by atoms with van der Waals surface area (Å²) in [7, 11) is 0.